The number of carbonyl (C=O) groups is 2. The van der Waals surface area contributed by atoms with Gasteiger partial charge in [-0.1, -0.05) is 31.3 Å². The van der Waals surface area contributed by atoms with Crippen LogP contribution in [0.3, 0.4) is 0 Å². The average Bonchev–Trinajstić information content (AvgIpc) is 3.04. The maximum Gasteiger partial charge on any atom is 0.286 e. The molecule has 7 heteroatoms. The first-order valence-electron chi connectivity index (χ1n) is 7.58. The number of hydrogen-bond acceptors (Lipinski definition) is 5. The van der Waals surface area contributed by atoms with Crippen molar-refractivity contribution in [2.24, 2.45) is 0 Å². The fourth-order valence-corrected chi connectivity index (χ4v) is 2.49. The van der Waals surface area contributed by atoms with Crippen molar-refractivity contribution < 1.29 is 9.59 Å². The summed E-state index contributed by atoms with van der Waals surface area (Å²) in [5.41, 5.74) is 1.06. The van der Waals surface area contributed by atoms with E-state index >= 15 is 0 Å². The highest BCUT2D eigenvalue weighted by Gasteiger charge is 2.14. The maximum atomic E-state index is 12.1. The molecule has 6 nitrogen and oxygen atoms in total. The van der Waals surface area contributed by atoms with Gasteiger partial charge in [0.15, 0.2) is 0 Å². The SMILES string of the molecule is CCc1nnc(C(=O)Nc2cccc(C(=O)N[C@H](C)CC)c2)s1. The molecule has 0 aliphatic carbocycles. The number of hydrogen-bond donors (Lipinski definition) is 2. The van der Waals surface area contributed by atoms with Crippen molar-refractivity contribution >= 4 is 28.8 Å². The topological polar surface area (TPSA) is 84.0 Å². The molecule has 122 valence electrons. The smallest absolute Gasteiger partial charge is 0.286 e. The quantitative estimate of drug-likeness (QED) is 0.852. The van der Waals surface area contributed by atoms with E-state index in [0.717, 1.165) is 17.8 Å². The minimum Gasteiger partial charge on any atom is -0.350 e. The minimum atomic E-state index is -0.318. The molecule has 0 bridgehead atoms. The van der Waals surface area contributed by atoms with Crippen molar-refractivity contribution in [2.45, 2.75) is 39.7 Å². The summed E-state index contributed by atoms with van der Waals surface area (Å²) >= 11 is 1.27. The Bertz CT molecular complexity index is 699. The zero-order valence-corrected chi connectivity index (χ0v) is 14.2. The zero-order valence-electron chi connectivity index (χ0n) is 13.4. The Balaban J connectivity index is 2.07. The highest BCUT2D eigenvalue weighted by atomic mass is 32.1. The lowest BCUT2D eigenvalue weighted by Crippen LogP contribution is -2.31. The van der Waals surface area contributed by atoms with Crippen molar-refractivity contribution in [3.63, 3.8) is 0 Å². The molecular formula is C16H20N4O2S. The van der Waals surface area contributed by atoms with Gasteiger partial charge in [0, 0.05) is 17.3 Å². The Morgan fingerprint density at radius 1 is 1.22 bits per heavy atom. The molecule has 1 atom stereocenters. The number of anilines is 1. The predicted octanol–water partition coefficient (Wildman–Crippen LogP) is 2.88. The fourth-order valence-electron chi connectivity index (χ4n) is 1.82. The van der Waals surface area contributed by atoms with E-state index in [1.165, 1.54) is 11.3 Å². The largest absolute Gasteiger partial charge is 0.350 e. The molecule has 0 spiro atoms. The van der Waals surface area contributed by atoms with E-state index in [1.807, 2.05) is 20.8 Å². The second-order valence-corrected chi connectivity index (χ2v) is 6.23. The van der Waals surface area contributed by atoms with Crippen LogP contribution in [0.4, 0.5) is 5.69 Å². The Morgan fingerprint density at radius 3 is 2.65 bits per heavy atom. The second kappa shape index (κ2) is 7.82. The monoisotopic (exact) mass is 332 g/mol. The molecular weight excluding hydrogens is 312 g/mol. The number of aromatic nitrogens is 2. The van der Waals surface area contributed by atoms with E-state index in [1.54, 1.807) is 24.3 Å². The number of amides is 2. The predicted molar refractivity (Wildman–Crippen MR) is 90.9 cm³/mol. The maximum absolute atomic E-state index is 12.1. The van der Waals surface area contributed by atoms with Gasteiger partial charge in [-0.25, -0.2) is 0 Å². The van der Waals surface area contributed by atoms with Gasteiger partial charge in [-0.3, -0.25) is 9.59 Å². The van der Waals surface area contributed by atoms with Crippen LogP contribution in [-0.2, 0) is 6.42 Å². The standard InChI is InChI=1S/C16H20N4O2S/c1-4-10(3)17-14(21)11-7-6-8-12(9-11)18-15(22)16-20-19-13(5-2)23-16/h6-10H,4-5H2,1-3H3,(H,17,21)(H,18,22)/t10-/m1/s1. The van der Waals surface area contributed by atoms with Crippen LogP contribution in [0.25, 0.3) is 0 Å². The first-order valence-corrected chi connectivity index (χ1v) is 8.39. The lowest BCUT2D eigenvalue weighted by molar-refractivity contribution is 0.0938. The number of benzene rings is 1. The third-order valence-electron chi connectivity index (χ3n) is 3.34. The third kappa shape index (κ3) is 4.59. The molecule has 23 heavy (non-hydrogen) atoms. The van der Waals surface area contributed by atoms with Crippen LogP contribution in [0, 0.1) is 0 Å². The van der Waals surface area contributed by atoms with Gasteiger partial charge in [-0.2, -0.15) is 0 Å². The van der Waals surface area contributed by atoms with Gasteiger partial charge in [-0.05, 0) is 38.0 Å². The molecule has 2 amide bonds. The van der Waals surface area contributed by atoms with Gasteiger partial charge in [-0.15, -0.1) is 10.2 Å². The molecule has 0 radical (unpaired) electrons. The van der Waals surface area contributed by atoms with Crippen LogP contribution in [0.2, 0.25) is 0 Å². The van der Waals surface area contributed by atoms with E-state index in [0.29, 0.717) is 16.3 Å². The zero-order chi connectivity index (χ0) is 16.8. The summed E-state index contributed by atoms with van der Waals surface area (Å²) in [6, 6.07) is 6.94. The van der Waals surface area contributed by atoms with Gasteiger partial charge in [0.2, 0.25) is 5.01 Å². The summed E-state index contributed by atoms with van der Waals surface area (Å²) in [5, 5.41) is 14.6. The second-order valence-electron chi connectivity index (χ2n) is 5.17. The number of carbonyl (C=O) groups excluding carboxylic acids is 2. The van der Waals surface area contributed by atoms with Gasteiger partial charge in [0.1, 0.15) is 5.01 Å². The molecule has 1 aromatic carbocycles. The summed E-state index contributed by atoms with van der Waals surface area (Å²) in [7, 11) is 0. The van der Waals surface area contributed by atoms with Crippen molar-refractivity contribution in [2.75, 3.05) is 5.32 Å². The van der Waals surface area contributed by atoms with Crippen LogP contribution in [0.15, 0.2) is 24.3 Å². The Morgan fingerprint density at radius 2 is 2.00 bits per heavy atom. The van der Waals surface area contributed by atoms with E-state index in [9.17, 15) is 9.59 Å². The molecule has 1 aromatic heterocycles. The van der Waals surface area contributed by atoms with Crippen molar-refractivity contribution in [3.05, 3.63) is 39.8 Å². The van der Waals surface area contributed by atoms with Gasteiger partial charge >= 0.3 is 0 Å². The first-order chi connectivity index (χ1) is 11.0. The molecule has 0 saturated heterocycles. The normalized spacial score (nSPS) is 11.8. The highest BCUT2D eigenvalue weighted by molar-refractivity contribution is 7.13. The van der Waals surface area contributed by atoms with E-state index in [4.69, 9.17) is 0 Å². The third-order valence-corrected chi connectivity index (χ3v) is 4.40. The number of nitrogens with zero attached hydrogens (tertiary/aromatic N) is 2. The first kappa shape index (κ1) is 17.1. The Labute approximate surface area is 139 Å². The van der Waals surface area contributed by atoms with E-state index in [-0.39, 0.29) is 17.9 Å². The van der Waals surface area contributed by atoms with Crippen LogP contribution >= 0.6 is 11.3 Å². The summed E-state index contributed by atoms with van der Waals surface area (Å²) in [6.45, 7) is 5.92. The van der Waals surface area contributed by atoms with E-state index < -0.39 is 0 Å². The molecule has 0 saturated carbocycles. The number of rotatable bonds is 6. The molecule has 2 N–H and O–H groups in total. The van der Waals surface area contributed by atoms with Crippen LogP contribution in [0.5, 0.6) is 0 Å². The summed E-state index contributed by atoms with van der Waals surface area (Å²) in [6.07, 6.45) is 1.61. The lowest BCUT2D eigenvalue weighted by Gasteiger charge is -2.12. The van der Waals surface area contributed by atoms with Crippen LogP contribution < -0.4 is 10.6 Å². The van der Waals surface area contributed by atoms with Gasteiger partial charge < -0.3 is 10.6 Å². The van der Waals surface area contributed by atoms with Crippen molar-refractivity contribution in [3.8, 4) is 0 Å². The van der Waals surface area contributed by atoms with Crippen LogP contribution in [-0.4, -0.2) is 28.1 Å². The molecule has 0 unspecified atom stereocenters. The summed E-state index contributed by atoms with van der Waals surface area (Å²) in [5.74, 6) is -0.471. The summed E-state index contributed by atoms with van der Waals surface area (Å²) in [4.78, 5) is 24.3. The molecule has 0 aliphatic heterocycles. The molecule has 1 heterocycles. The molecule has 0 fully saturated rings. The number of aryl methyl sites for hydroxylation is 1. The van der Waals surface area contributed by atoms with Crippen molar-refractivity contribution in [1.82, 2.24) is 15.5 Å². The fraction of sp³-hybridized carbons (Fsp3) is 0.375. The van der Waals surface area contributed by atoms with Gasteiger partial charge in [0.05, 0.1) is 0 Å². The van der Waals surface area contributed by atoms with Gasteiger partial charge in [0.25, 0.3) is 11.8 Å². The Kier molecular flexibility index (Phi) is 5.81. The summed E-state index contributed by atoms with van der Waals surface area (Å²) < 4.78 is 0. The average molecular weight is 332 g/mol. The molecule has 2 rings (SSSR count). The number of nitrogens with one attached hydrogen (secondary N) is 2. The molecule has 2 aromatic rings. The lowest BCUT2D eigenvalue weighted by atomic mass is 10.1. The minimum absolute atomic E-state index is 0.106. The van der Waals surface area contributed by atoms with Crippen LogP contribution in [0.1, 0.15) is 52.4 Å². The molecule has 0 aliphatic rings. The highest BCUT2D eigenvalue weighted by Crippen LogP contribution is 2.15. The Hall–Kier alpha value is -2.28. The van der Waals surface area contributed by atoms with Crippen molar-refractivity contribution in [1.29, 1.82) is 0 Å². The van der Waals surface area contributed by atoms with E-state index in [2.05, 4.69) is 20.8 Å².